The Kier molecular flexibility index (Phi) is 4.16. The minimum Gasteiger partial charge on any atom is -0.435 e. The van der Waals surface area contributed by atoms with Gasteiger partial charge >= 0.3 is 6.61 Å². The molecule has 5 nitrogen and oxygen atoms in total. The van der Waals surface area contributed by atoms with Crippen LogP contribution in [0.5, 0.6) is 5.75 Å². The first kappa shape index (κ1) is 15.7. The predicted molar refractivity (Wildman–Crippen MR) is 80.1 cm³/mol. The lowest BCUT2D eigenvalue weighted by atomic mass is 10.2. The zero-order valence-corrected chi connectivity index (χ0v) is 12.8. The molecule has 1 aliphatic carbocycles. The number of sulfonamides is 1. The molecule has 1 aromatic carbocycles. The van der Waals surface area contributed by atoms with Crippen LogP contribution in [0, 0.1) is 0 Å². The summed E-state index contributed by atoms with van der Waals surface area (Å²) < 4.78 is 55.4. The van der Waals surface area contributed by atoms with E-state index in [1.54, 1.807) is 6.07 Å². The summed E-state index contributed by atoms with van der Waals surface area (Å²) in [4.78, 5) is 4.21. The summed E-state index contributed by atoms with van der Waals surface area (Å²) in [7, 11) is -3.81. The molecule has 0 saturated heterocycles. The first-order valence-corrected chi connectivity index (χ1v) is 8.48. The zero-order valence-electron chi connectivity index (χ0n) is 12.0. The highest BCUT2D eigenvalue weighted by Gasteiger charge is 2.17. The lowest BCUT2D eigenvalue weighted by Gasteiger charge is -2.10. The van der Waals surface area contributed by atoms with Crippen molar-refractivity contribution in [1.29, 1.82) is 0 Å². The summed E-state index contributed by atoms with van der Waals surface area (Å²) in [6.45, 7) is -2.95. The fourth-order valence-electron chi connectivity index (χ4n) is 2.50. The maximum atomic E-state index is 12.3. The van der Waals surface area contributed by atoms with Crippen LogP contribution in [0.4, 0.5) is 14.5 Å². The fourth-order valence-corrected chi connectivity index (χ4v) is 3.53. The van der Waals surface area contributed by atoms with E-state index in [0.717, 1.165) is 30.5 Å². The maximum Gasteiger partial charge on any atom is 0.387 e. The van der Waals surface area contributed by atoms with Gasteiger partial charge in [0.25, 0.3) is 10.0 Å². The summed E-state index contributed by atoms with van der Waals surface area (Å²) in [6.07, 6.45) is 4.30. The van der Waals surface area contributed by atoms with Gasteiger partial charge in [-0.05, 0) is 55.2 Å². The van der Waals surface area contributed by atoms with E-state index < -0.39 is 16.6 Å². The Morgan fingerprint density at radius 1 is 1.17 bits per heavy atom. The lowest BCUT2D eigenvalue weighted by molar-refractivity contribution is -0.0498. The molecule has 122 valence electrons. The van der Waals surface area contributed by atoms with Gasteiger partial charge < -0.3 is 4.74 Å². The summed E-state index contributed by atoms with van der Waals surface area (Å²) >= 11 is 0. The topological polar surface area (TPSA) is 68.3 Å². The van der Waals surface area contributed by atoms with Crippen molar-refractivity contribution in [2.45, 2.75) is 30.8 Å². The van der Waals surface area contributed by atoms with Crippen molar-refractivity contribution < 1.29 is 21.9 Å². The number of aromatic nitrogens is 1. The number of hydrogen-bond acceptors (Lipinski definition) is 4. The summed E-state index contributed by atoms with van der Waals surface area (Å²) in [5, 5.41) is 0. The molecule has 0 fully saturated rings. The van der Waals surface area contributed by atoms with E-state index in [2.05, 4.69) is 14.4 Å². The Balaban J connectivity index is 1.78. The summed E-state index contributed by atoms with van der Waals surface area (Å²) in [5.74, 6) is -0.0989. The smallest absolute Gasteiger partial charge is 0.387 e. The number of hydrogen-bond donors (Lipinski definition) is 1. The van der Waals surface area contributed by atoms with Crippen molar-refractivity contribution in [2.75, 3.05) is 4.72 Å². The summed E-state index contributed by atoms with van der Waals surface area (Å²) in [6, 6.07) is 6.56. The molecule has 1 heterocycles. The van der Waals surface area contributed by atoms with E-state index in [1.165, 1.54) is 30.5 Å². The third-order valence-corrected chi connectivity index (χ3v) is 4.93. The van der Waals surface area contributed by atoms with E-state index in [-0.39, 0.29) is 10.6 Å². The number of pyridine rings is 1. The van der Waals surface area contributed by atoms with Gasteiger partial charge in [-0.15, -0.1) is 0 Å². The van der Waals surface area contributed by atoms with Crippen molar-refractivity contribution in [1.82, 2.24) is 4.98 Å². The van der Waals surface area contributed by atoms with Gasteiger partial charge in [0.05, 0.1) is 16.8 Å². The average Bonchev–Trinajstić information content (AvgIpc) is 2.94. The Labute approximate surface area is 132 Å². The van der Waals surface area contributed by atoms with Gasteiger partial charge in [-0.3, -0.25) is 9.71 Å². The fraction of sp³-hybridized carbons (Fsp3) is 0.267. The Morgan fingerprint density at radius 3 is 2.61 bits per heavy atom. The van der Waals surface area contributed by atoms with Crippen molar-refractivity contribution >= 4 is 15.7 Å². The number of anilines is 1. The molecule has 23 heavy (non-hydrogen) atoms. The maximum absolute atomic E-state index is 12.3. The molecule has 1 N–H and O–H groups in total. The largest absolute Gasteiger partial charge is 0.435 e. The SMILES string of the molecule is O=S(=O)(Nc1cnc2c(c1)CCC2)c1ccc(OC(F)F)cc1. The standard InChI is InChI=1S/C15H14F2N2O3S/c16-15(17)22-12-4-6-13(7-5-12)23(20,21)19-11-8-10-2-1-3-14(10)18-9-11/h4-9,15,19H,1-3H2. The molecule has 0 unspecified atom stereocenters. The highest BCUT2D eigenvalue weighted by Crippen LogP contribution is 2.25. The second-order valence-electron chi connectivity index (χ2n) is 5.14. The van der Waals surface area contributed by atoms with E-state index in [1.807, 2.05) is 0 Å². The predicted octanol–water partition coefficient (Wildman–Crippen LogP) is 2.97. The number of ether oxygens (including phenoxy) is 1. The number of benzene rings is 1. The monoisotopic (exact) mass is 340 g/mol. The number of fused-ring (bicyclic) bond motifs is 1. The van der Waals surface area contributed by atoms with Gasteiger partial charge in [0.2, 0.25) is 0 Å². The second kappa shape index (κ2) is 6.11. The Bertz CT molecular complexity index is 808. The number of nitrogens with one attached hydrogen (secondary N) is 1. The highest BCUT2D eigenvalue weighted by molar-refractivity contribution is 7.92. The van der Waals surface area contributed by atoms with Crippen LogP contribution >= 0.6 is 0 Å². The lowest BCUT2D eigenvalue weighted by Crippen LogP contribution is -2.13. The van der Waals surface area contributed by atoms with Crippen LogP contribution in [0.3, 0.4) is 0 Å². The van der Waals surface area contributed by atoms with Gasteiger partial charge in [0, 0.05) is 5.69 Å². The van der Waals surface area contributed by atoms with Crippen LogP contribution in [0.1, 0.15) is 17.7 Å². The summed E-state index contributed by atoms with van der Waals surface area (Å²) in [5.41, 5.74) is 2.44. The van der Waals surface area contributed by atoms with Crippen molar-refractivity contribution in [3.05, 3.63) is 47.8 Å². The van der Waals surface area contributed by atoms with Gasteiger partial charge in [-0.1, -0.05) is 0 Å². The number of aryl methyl sites for hydroxylation is 2. The quantitative estimate of drug-likeness (QED) is 0.909. The second-order valence-corrected chi connectivity index (χ2v) is 6.82. The molecule has 0 spiro atoms. The Hall–Kier alpha value is -2.22. The van der Waals surface area contributed by atoms with Crippen LogP contribution in [0.25, 0.3) is 0 Å². The zero-order chi connectivity index (χ0) is 16.4. The normalized spacial score (nSPS) is 13.9. The molecule has 0 atom stereocenters. The minimum atomic E-state index is -3.81. The van der Waals surface area contributed by atoms with Gasteiger partial charge in [0.1, 0.15) is 5.75 Å². The van der Waals surface area contributed by atoms with Crippen LogP contribution < -0.4 is 9.46 Å². The average molecular weight is 340 g/mol. The first-order chi connectivity index (χ1) is 10.9. The van der Waals surface area contributed by atoms with Gasteiger partial charge in [-0.2, -0.15) is 8.78 Å². The number of alkyl halides is 2. The van der Waals surface area contributed by atoms with Crippen LogP contribution in [-0.2, 0) is 22.9 Å². The molecule has 1 aromatic heterocycles. The highest BCUT2D eigenvalue weighted by atomic mass is 32.2. The van der Waals surface area contributed by atoms with Crippen molar-refractivity contribution in [3.63, 3.8) is 0 Å². The van der Waals surface area contributed by atoms with E-state index in [4.69, 9.17) is 0 Å². The van der Waals surface area contributed by atoms with E-state index in [0.29, 0.717) is 5.69 Å². The molecular weight excluding hydrogens is 326 g/mol. The van der Waals surface area contributed by atoms with Crippen LogP contribution in [0.2, 0.25) is 0 Å². The molecule has 0 saturated carbocycles. The third-order valence-electron chi connectivity index (χ3n) is 3.53. The minimum absolute atomic E-state index is 0.0420. The molecule has 0 aliphatic heterocycles. The number of halogens is 2. The first-order valence-electron chi connectivity index (χ1n) is 6.99. The van der Waals surface area contributed by atoms with Gasteiger partial charge in [-0.25, -0.2) is 8.42 Å². The molecule has 0 bridgehead atoms. The molecule has 0 radical (unpaired) electrons. The molecule has 1 aliphatic rings. The van der Waals surface area contributed by atoms with Gasteiger partial charge in [0.15, 0.2) is 0 Å². The molecule has 2 aromatic rings. The molecule has 0 amide bonds. The van der Waals surface area contributed by atoms with E-state index in [9.17, 15) is 17.2 Å². The number of rotatable bonds is 5. The van der Waals surface area contributed by atoms with Crippen LogP contribution in [0.15, 0.2) is 41.4 Å². The molecule has 3 rings (SSSR count). The third kappa shape index (κ3) is 3.58. The Morgan fingerprint density at radius 2 is 1.91 bits per heavy atom. The van der Waals surface area contributed by atoms with Crippen LogP contribution in [-0.4, -0.2) is 20.0 Å². The molecular formula is C15H14F2N2O3S. The van der Waals surface area contributed by atoms with Crippen molar-refractivity contribution in [2.24, 2.45) is 0 Å². The van der Waals surface area contributed by atoms with Crippen molar-refractivity contribution in [3.8, 4) is 5.75 Å². The molecule has 8 heteroatoms. The number of nitrogens with zero attached hydrogens (tertiary/aromatic N) is 1. The van der Waals surface area contributed by atoms with E-state index >= 15 is 0 Å².